The van der Waals surface area contributed by atoms with E-state index >= 15 is 0 Å². The van der Waals surface area contributed by atoms with Crippen molar-refractivity contribution < 1.29 is 22.8 Å². The maximum atomic E-state index is 12.5. The molecule has 2 aliphatic heterocycles. The summed E-state index contributed by atoms with van der Waals surface area (Å²) in [5, 5.41) is 2.29. The van der Waals surface area contributed by atoms with Gasteiger partial charge in [-0.1, -0.05) is 0 Å². The van der Waals surface area contributed by atoms with Crippen molar-refractivity contribution in [1.82, 2.24) is 15.3 Å². The maximum absolute atomic E-state index is 12.5. The van der Waals surface area contributed by atoms with Gasteiger partial charge >= 0.3 is 6.18 Å². The Balaban J connectivity index is 1.67. The standard InChI is InChI=1S/C14H15F3N4O2/c15-14(16,17)9-7-19-10(8-18-9)21-3-1-13(2-4-21)5-11(22)20-12(23)6-13/h7-8H,1-6H2,(H,20,22,23). The lowest BCUT2D eigenvalue weighted by molar-refractivity contribution is -0.141. The van der Waals surface area contributed by atoms with Crippen molar-refractivity contribution in [3.05, 3.63) is 18.1 Å². The zero-order valence-electron chi connectivity index (χ0n) is 12.2. The molecule has 124 valence electrons. The number of rotatable bonds is 1. The first-order chi connectivity index (χ1) is 10.8. The molecule has 23 heavy (non-hydrogen) atoms. The van der Waals surface area contributed by atoms with Gasteiger partial charge in [-0.2, -0.15) is 13.2 Å². The number of nitrogens with one attached hydrogen (secondary N) is 1. The van der Waals surface area contributed by atoms with Crippen LogP contribution in [0.1, 0.15) is 31.4 Å². The molecule has 0 aliphatic carbocycles. The lowest BCUT2D eigenvalue weighted by atomic mass is 9.71. The number of anilines is 1. The second-order valence-electron chi connectivity index (χ2n) is 6.07. The molecule has 2 saturated heterocycles. The van der Waals surface area contributed by atoms with E-state index in [4.69, 9.17) is 0 Å². The molecule has 0 saturated carbocycles. The smallest absolute Gasteiger partial charge is 0.355 e. The molecule has 0 radical (unpaired) electrons. The van der Waals surface area contributed by atoms with Gasteiger partial charge in [0.2, 0.25) is 11.8 Å². The second-order valence-corrected chi connectivity index (χ2v) is 6.07. The number of hydrogen-bond acceptors (Lipinski definition) is 5. The number of amides is 2. The minimum atomic E-state index is -4.51. The summed E-state index contributed by atoms with van der Waals surface area (Å²) < 4.78 is 37.5. The van der Waals surface area contributed by atoms with E-state index in [0.29, 0.717) is 44.6 Å². The number of halogens is 3. The van der Waals surface area contributed by atoms with E-state index in [9.17, 15) is 22.8 Å². The third-order valence-corrected chi connectivity index (χ3v) is 4.43. The number of hydrogen-bond donors (Lipinski definition) is 1. The molecule has 1 N–H and O–H groups in total. The average Bonchev–Trinajstić information content (AvgIpc) is 2.46. The van der Waals surface area contributed by atoms with E-state index < -0.39 is 11.9 Å². The molecule has 2 aliphatic rings. The van der Waals surface area contributed by atoms with E-state index in [1.165, 1.54) is 0 Å². The Kier molecular flexibility index (Phi) is 3.73. The van der Waals surface area contributed by atoms with Gasteiger partial charge in [0.15, 0.2) is 5.69 Å². The van der Waals surface area contributed by atoms with Gasteiger partial charge in [0.1, 0.15) is 5.82 Å². The highest BCUT2D eigenvalue weighted by atomic mass is 19.4. The van der Waals surface area contributed by atoms with Crippen LogP contribution in [0.4, 0.5) is 19.0 Å². The molecule has 1 spiro atoms. The van der Waals surface area contributed by atoms with Crippen LogP contribution in [0.5, 0.6) is 0 Å². The Labute approximate surface area is 130 Å². The Morgan fingerprint density at radius 1 is 1.04 bits per heavy atom. The quantitative estimate of drug-likeness (QED) is 0.791. The fourth-order valence-corrected chi connectivity index (χ4v) is 3.18. The molecule has 0 atom stereocenters. The Hall–Kier alpha value is -2.19. The van der Waals surface area contributed by atoms with Crippen molar-refractivity contribution in [1.29, 1.82) is 0 Å². The number of alkyl halides is 3. The molecule has 3 heterocycles. The molecule has 3 rings (SSSR count). The fourth-order valence-electron chi connectivity index (χ4n) is 3.18. The number of carbonyl (C=O) groups excluding carboxylic acids is 2. The van der Waals surface area contributed by atoms with Crippen LogP contribution in [0.15, 0.2) is 12.4 Å². The molecule has 2 amide bonds. The summed E-state index contributed by atoms with van der Waals surface area (Å²) in [7, 11) is 0. The SMILES string of the molecule is O=C1CC2(CCN(c3cnc(C(F)(F)F)cn3)CC2)CC(=O)N1. The number of nitrogens with zero attached hydrogens (tertiary/aromatic N) is 3. The minimum Gasteiger partial charge on any atom is -0.355 e. The Morgan fingerprint density at radius 2 is 1.65 bits per heavy atom. The number of imide groups is 1. The van der Waals surface area contributed by atoms with Crippen LogP contribution in [-0.4, -0.2) is 34.9 Å². The minimum absolute atomic E-state index is 0.260. The molecule has 0 unspecified atom stereocenters. The van der Waals surface area contributed by atoms with Crippen LogP contribution in [0.2, 0.25) is 0 Å². The molecule has 0 bridgehead atoms. The summed E-state index contributed by atoms with van der Waals surface area (Å²) in [6.45, 7) is 1.06. The van der Waals surface area contributed by atoms with Crippen molar-refractivity contribution in [2.45, 2.75) is 31.9 Å². The first-order valence-electron chi connectivity index (χ1n) is 7.24. The first-order valence-corrected chi connectivity index (χ1v) is 7.24. The molecule has 2 fully saturated rings. The van der Waals surface area contributed by atoms with E-state index in [2.05, 4.69) is 15.3 Å². The highest BCUT2D eigenvalue weighted by Gasteiger charge is 2.42. The third kappa shape index (κ3) is 3.27. The first kappa shape index (κ1) is 15.7. The van der Waals surface area contributed by atoms with Crippen molar-refractivity contribution >= 4 is 17.6 Å². The highest BCUT2D eigenvalue weighted by molar-refractivity contribution is 5.98. The summed E-state index contributed by atoms with van der Waals surface area (Å²) in [5.41, 5.74) is -1.36. The van der Waals surface area contributed by atoms with Crippen molar-refractivity contribution in [2.24, 2.45) is 5.41 Å². The lowest BCUT2D eigenvalue weighted by Crippen LogP contribution is -2.50. The van der Waals surface area contributed by atoms with Crippen LogP contribution >= 0.6 is 0 Å². The predicted octanol–water partition coefficient (Wildman–Crippen LogP) is 1.52. The van der Waals surface area contributed by atoms with Crippen molar-refractivity contribution in [2.75, 3.05) is 18.0 Å². The zero-order chi connectivity index (χ0) is 16.7. The van der Waals surface area contributed by atoms with Crippen LogP contribution in [0.25, 0.3) is 0 Å². The number of aromatic nitrogens is 2. The lowest BCUT2D eigenvalue weighted by Gasteiger charge is -2.43. The van der Waals surface area contributed by atoms with E-state index in [1.54, 1.807) is 0 Å². The average molecular weight is 328 g/mol. The summed E-state index contributed by atoms with van der Waals surface area (Å²) in [6, 6.07) is 0. The van der Waals surface area contributed by atoms with Gasteiger partial charge < -0.3 is 4.90 Å². The van der Waals surface area contributed by atoms with Crippen molar-refractivity contribution in [3.8, 4) is 0 Å². The van der Waals surface area contributed by atoms with E-state index in [1.807, 2.05) is 4.90 Å². The molecule has 6 nitrogen and oxygen atoms in total. The second kappa shape index (κ2) is 5.47. The third-order valence-electron chi connectivity index (χ3n) is 4.43. The largest absolute Gasteiger partial charge is 0.434 e. The molecular formula is C14H15F3N4O2. The van der Waals surface area contributed by atoms with Crippen LogP contribution in [-0.2, 0) is 15.8 Å². The summed E-state index contributed by atoms with van der Waals surface area (Å²) in [5.74, 6) is -0.146. The maximum Gasteiger partial charge on any atom is 0.434 e. The van der Waals surface area contributed by atoms with Gasteiger partial charge in [-0.25, -0.2) is 9.97 Å². The van der Waals surface area contributed by atoms with Crippen LogP contribution in [0.3, 0.4) is 0 Å². The van der Waals surface area contributed by atoms with Gasteiger partial charge in [-0.15, -0.1) is 0 Å². The Bertz CT molecular complexity index is 604. The van der Waals surface area contributed by atoms with Gasteiger partial charge in [-0.05, 0) is 18.3 Å². The van der Waals surface area contributed by atoms with Crippen molar-refractivity contribution in [3.63, 3.8) is 0 Å². The topological polar surface area (TPSA) is 75.2 Å². The zero-order valence-corrected chi connectivity index (χ0v) is 12.2. The predicted molar refractivity (Wildman–Crippen MR) is 73.3 cm³/mol. The molecule has 0 aromatic carbocycles. The van der Waals surface area contributed by atoms with Crippen LogP contribution in [0, 0.1) is 5.41 Å². The highest BCUT2D eigenvalue weighted by Crippen LogP contribution is 2.41. The normalized spacial score (nSPS) is 21.4. The van der Waals surface area contributed by atoms with Gasteiger partial charge in [0, 0.05) is 25.9 Å². The summed E-state index contributed by atoms with van der Waals surface area (Å²) >= 11 is 0. The monoisotopic (exact) mass is 328 g/mol. The van der Waals surface area contributed by atoms with E-state index in [0.717, 1.165) is 12.4 Å². The van der Waals surface area contributed by atoms with Gasteiger partial charge in [-0.3, -0.25) is 14.9 Å². The fraction of sp³-hybridized carbons (Fsp3) is 0.571. The summed E-state index contributed by atoms with van der Waals surface area (Å²) in [4.78, 5) is 32.2. The Morgan fingerprint density at radius 3 is 2.13 bits per heavy atom. The van der Waals surface area contributed by atoms with Crippen LogP contribution < -0.4 is 10.2 Å². The van der Waals surface area contributed by atoms with Gasteiger partial charge in [0.05, 0.1) is 12.4 Å². The summed E-state index contributed by atoms with van der Waals surface area (Å²) in [6.07, 6.45) is -0.815. The molecular weight excluding hydrogens is 313 g/mol. The number of piperidine rings is 2. The molecule has 1 aromatic rings. The molecule has 9 heteroatoms. The van der Waals surface area contributed by atoms with Gasteiger partial charge in [0.25, 0.3) is 0 Å². The van der Waals surface area contributed by atoms with E-state index in [-0.39, 0.29) is 17.2 Å². The number of carbonyl (C=O) groups is 2. The molecule has 1 aromatic heterocycles.